The minimum absolute atomic E-state index is 0.0710. The predicted octanol–water partition coefficient (Wildman–Crippen LogP) is 3.23. The van der Waals surface area contributed by atoms with Gasteiger partial charge < -0.3 is 10.5 Å². The maximum atomic E-state index is 9.60. The fourth-order valence-corrected chi connectivity index (χ4v) is 3.40. The molecule has 0 aromatic carbocycles. The van der Waals surface area contributed by atoms with Crippen LogP contribution in [-0.2, 0) is 5.41 Å². The molecule has 0 unspecified atom stereocenters. The maximum Gasteiger partial charge on any atom is 0.243 e. The number of hydrogen-bond donors (Lipinski definition) is 2. The molecule has 1 aliphatic heterocycles. The third kappa shape index (κ3) is 2.29. The van der Waals surface area contributed by atoms with Crippen LogP contribution in [0, 0.1) is 17.2 Å². The first-order chi connectivity index (χ1) is 10.4. The summed E-state index contributed by atoms with van der Waals surface area (Å²) in [4.78, 5) is 0. The monoisotopic (exact) mass is 298 g/mol. The van der Waals surface area contributed by atoms with Gasteiger partial charge in [0.05, 0.1) is 5.57 Å². The molecule has 3 N–H and O–H groups in total. The van der Waals surface area contributed by atoms with Crippen molar-refractivity contribution in [3.63, 3.8) is 0 Å². The molecule has 0 spiro atoms. The lowest BCUT2D eigenvalue weighted by Crippen LogP contribution is -2.27. The van der Waals surface area contributed by atoms with Crippen molar-refractivity contribution in [2.45, 2.75) is 51.4 Å². The lowest BCUT2D eigenvalue weighted by molar-refractivity contribution is 0.353. The van der Waals surface area contributed by atoms with Crippen molar-refractivity contribution in [1.82, 2.24) is 10.2 Å². The Bertz CT molecular complexity index is 684. The Balaban J connectivity index is 2.17. The van der Waals surface area contributed by atoms with Gasteiger partial charge in [-0.1, -0.05) is 32.9 Å². The minimum Gasteiger partial charge on any atom is -0.420 e. The van der Waals surface area contributed by atoms with Crippen LogP contribution in [0.3, 0.4) is 0 Å². The van der Waals surface area contributed by atoms with Crippen LogP contribution in [0.1, 0.15) is 57.2 Å². The summed E-state index contributed by atoms with van der Waals surface area (Å²) >= 11 is 0. The number of nitriles is 1. The van der Waals surface area contributed by atoms with Gasteiger partial charge in [0.2, 0.25) is 11.8 Å². The molecule has 2 aliphatic rings. The van der Waals surface area contributed by atoms with Gasteiger partial charge in [0.1, 0.15) is 6.07 Å². The molecule has 5 heteroatoms. The molecule has 116 valence electrons. The van der Waals surface area contributed by atoms with Gasteiger partial charge in [0.25, 0.3) is 0 Å². The van der Waals surface area contributed by atoms with E-state index in [1.165, 1.54) is 0 Å². The molecule has 1 aromatic heterocycles. The Hall–Kier alpha value is -2.22. The number of hydrogen-bond acceptors (Lipinski definition) is 4. The van der Waals surface area contributed by atoms with Gasteiger partial charge in [-0.15, -0.1) is 5.10 Å². The fraction of sp³-hybridized carbons (Fsp3) is 0.529. The van der Waals surface area contributed by atoms with Crippen LogP contribution in [0.15, 0.2) is 23.6 Å². The summed E-state index contributed by atoms with van der Waals surface area (Å²) in [5, 5.41) is 17.0. The van der Waals surface area contributed by atoms with Crippen LogP contribution in [-0.4, -0.2) is 10.2 Å². The molecule has 2 atom stereocenters. The average Bonchev–Trinajstić information content (AvgIpc) is 2.90. The SMILES string of the molecule is CC(C)(C)c1[nH]nc2c1[C@@H]([C@@H]1C=CCCC1)C(C#N)=C(N)O2. The molecule has 0 saturated heterocycles. The smallest absolute Gasteiger partial charge is 0.243 e. The van der Waals surface area contributed by atoms with Crippen LogP contribution in [0.25, 0.3) is 0 Å². The quantitative estimate of drug-likeness (QED) is 0.779. The van der Waals surface area contributed by atoms with Gasteiger partial charge in [-0.25, -0.2) is 0 Å². The summed E-state index contributed by atoms with van der Waals surface area (Å²) in [6, 6.07) is 2.26. The van der Waals surface area contributed by atoms with Crippen molar-refractivity contribution in [2.75, 3.05) is 0 Å². The maximum absolute atomic E-state index is 9.60. The summed E-state index contributed by atoms with van der Waals surface area (Å²) < 4.78 is 5.60. The van der Waals surface area contributed by atoms with E-state index < -0.39 is 0 Å². The summed E-state index contributed by atoms with van der Waals surface area (Å²) in [5.41, 5.74) is 8.41. The third-order valence-electron chi connectivity index (χ3n) is 4.45. The number of nitrogens with zero attached hydrogens (tertiary/aromatic N) is 2. The standard InChI is InChI=1S/C17H22N4O/c1-17(2,3)14-13-12(10-7-5-4-6-8-10)11(9-18)15(19)22-16(13)21-20-14/h5,7,10,12H,4,6,8,19H2,1-3H3,(H,20,21)/t10-,12+/m1/s1. The Kier molecular flexibility index (Phi) is 3.48. The molecule has 0 fully saturated rings. The first kappa shape index (κ1) is 14.7. The third-order valence-corrected chi connectivity index (χ3v) is 4.45. The van der Waals surface area contributed by atoms with Crippen LogP contribution < -0.4 is 10.5 Å². The molecule has 2 heterocycles. The number of fused-ring (bicyclic) bond motifs is 1. The summed E-state index contributed by atoms with van der Waals surface area (Å²) in [6.45, 7) is 6.38. The second kappa shape index (κ2) is 5.20. The Morgan fingerprint density at radius 1 is 1.45 bits per heavy atom. The molecule has 3 rings (SSSR count). The van der Waals surface area contributed by atoms with E-state index in [9.17, 15) is 5.26 Å². The van der Waals surface area contributed by atoms with Gasteiger partial charge in [-0.3, -0.25) is 5.10 Å². The second-order valence-electron chi connectivity index (χ2n) is 7.06. The molecule has 5 nitrogen and oxygen atoms in total. The van der Waals surface area contributed by atoms with Crippen LogP contribution in [0.5, 0.6) is 5.88 Å². The summed E-state index contributed by atoms with van der Waals surface area (Å²) in [5.74, 6) is 0.901. The topological polar surface area (TPSA) is 87.7 Å². The van der Waals surface area contributed by atoms with E-state index in [1.54, 1.807) is 0 Å². The Morgan fingerprint density at radius 2 is 2.23 bits per heavy atom. The molecule has 1 aromatic rings. The minimum atomic E-state index is -0.104. The highest BCUT2D eigenvalue weighted by molar-refractivity contribution is 5.51. The predicted molar refractivity (Wildman–Crippen MR) is 84.0 cm³/mol. The summed E-state index contributed by atoms with van der Waals surface area (Å²) in [6.07, 6.45) is 7.70. The first-order valence-corrected chi connectivity index (χ1v) is 7.76. The van der Waals surface area contributed by atoms with E-state index in [-0.39, 0.29) is 23.1 Å². The molecule has 0 bridgehead atoms. The van der Waals surface area contributed by atoms with E-state index in [2.05, 4.69) is 49.2 Å². The number of aromatic nitrogens is 2. The molecule has 0 amide bonds. The zero-order valence-electron chi connectivity index (χ0n) is 13.3. The number of nitrogens with two attached hydrogens (primary N) is 1. The largest absolute Gasteiger partial charge is 0.420 e. The molecule has 1 aliphatic carbocycles. The lowest BCUT2D eigenvalue weighted by Gasteiger charge is -2.32. The highest BCUT2D eigenvalue weighted by Gasteiger charge is 2.40. The Labute approximate surface area is 130 Å². The number of ether oxygens (including phenoxy) is 1. The second-order valence-corrected chi connectivity index (χ2v) is 7.06. The highest BCUT2D eigenvalue weighted by atomic mass is 16.5. The van der Waals surface area contributed by atoms with Crippen LogP contribution in [0.4, 0.5) is 0 Å². The van der Waals surface area contributed by atoms with Crippen LogP contribution in [0.2, 0.25) is 0 Å². The number of nitrogens with one attached hydrogen (secondary N) is 1. The molecular weight excluding hydrogens is 276 g/mol. The number of allylic oxidation sites excluding steroid dienone is 3. The van der Waals surface area contributed by atoms with E-state index in [0.29, 0.717) is 11.5 Å². The van der Waals surface area contributed by atoms with Gasteiger partial charge in [0, 0.05) is 22.6 Å². The highest BCUT2D eigenvalue weighted by Crippen LogP contribution is 2.47. The van der Waals surface area contributed by atoms with Crippen molar-refractivity contribution < 1.29 is 4.74 Å². The molecule has 22 heavy (non-hydrogen) atoms. The van der Waals surface area contributed by atoms with Crippen molar-refractivity contribution in [3.05, 3.63) is 34.9 Å². The summed E-state index contributed by atoms with van der Waals surface area (Å²) in [7, 11) is 0. The van der Waals surface area contributed by atoms with E-state index in [4.69, 9.17) is 10.5 Å². The first-order valence-electron chi connectivity index (χ1n) is 7.76. The lowest BCUT2D eigenvalue weighted by atomic mass is 9.73. The van der Waals surface area contributed by atoms with Crippen molar-refractivity contribution >= 4 is 0 Å². The van der Waals surface area contributed by atoms with E-state index in [0.717, 1.165) is 30.5 Å². The van der Waals surface area contributed by atoms with Crippen LogP contribution >= 0.6 is 0 Å². The number of aromatic amines is 1. The zero-order valence-corrected chi connectivity index (χ0v) is 13.3. The average molecular weight is 298 g/mol. The van der Waals surface area contributed by atoms with E-state index >= 15 is 0 Å². The van der Waals surface area contributed by atoms with Crippen molar-refractivity contribution in [3.8, 4) is 11.9 Å². The van der Waals surface area contributed by atoms with E-state index in [1.807, 2.05) is 0 Å². The van der Waals surface area contributed by atoms with Gasteiger partial charge in [0.15, 0.2) is 0 Å². The zero-order chi connectivity index (χ0) is 15.9. The fourth-order valence-electron chi connectivity index (χ4n) is 3.40. The van der Waals surface area contributed by atoms with Gasteiger partial charge in [-0.05, 0) is 25.2 Å². The Morgan fingerprint density at radius 3 is 2.82 bits per heavy atom. The number of H-pyrrole nitrogens is 1. The van der Waals surface area contributed by atoms with Crippen molar-refractivity contribution in [2.24, 2.45) is 11.7 Å². The van der Waals surface area contributed by atoms with Crippen molar-refractivity contribution in [1.29, 1.82) is 5.26 Å². The molecule has 0 saturated carbocycles. The van der Waals surface area contributed by atoms with Gasteiger partial charge >= 0.3 is 0 Å². The normalized spacial score (nSPS) is 24.6. The molecular formula is C17H22N4O. The molecule has 0 radical (unpaired) electrons. The van der Waals surface area contributed by atoms with Gasteiger partial charge in [-0.2, -0.15) is 5.26 Å². The number of rotatable bonds is 1.